The molecular formula is C29H27ClF2N4O4. The average Bonchev–Trinajstić information content (AvgIpc) is 3.50. The molecule has 208 valence electrons. The first-order chi connectivity index (χ1) is 19.3. The molecule has 0 radical (unpaired) electrons. The van der Waals surface area contributed by atoms with E-state index in [-0.39, 0.29) is 40.7 Å². The molecule has 1 N–H and O–H groups in total. The van der Waals surface area contributed by atoms with Crippen LogP contribution in [0.2, 0.25) is 5.02 Å². The van der Waals surface area contributed by atoms with E-state index in [1.807, 2.05) is 0 Å². The summed E-state index contributed by atoms with van der Waals surface area (Å²) in [6.07, 6.45) is 1.87. The van der Waals surface area contributed by atoms with E-state index in [2.05, 4.69) is 14.5 Å². The molecule has 2 aromatic heterocycles. The van der Waals surface area contributed by atoms with E-state index in [1.165, 1.54) is 18.2 Å². The third-order valence-corrected chi connectivity index (χ3v) is 7.74. The number of aromatic nitrogens is 3. The summed E-state index contributed by atoms with van der Waals surface area (Å²) in [6, 6.07) is 12.1. The predicted molar refractivity (Wildman–Crippen MR) is 144 cm³/mol. The third-order valence-electron chi connectivity index (χ3n) is 7.51. The summed E-state index contributed by atoms with van der Waals surface area (Å²) in [5.41, 5.74) is 2.61. The van der Waals surface area contributed by atoms with Crippen molar-refractivity contribution in [2.75, 3.05) is 19.7 Å². The molecule has 4 heterocycles. The maximum Gasteiger partial charge on any atom is 0.335 e. The molecule has 8 nitrogen and oxygen atoms in total. The van der Waals surface area contributed by atoms with Gasteiger partial charge < -0.3 is 19.1 Å². The van der Waals surface area contributed by atoms with Crippen LogP contribution in [0.25, 0.3) is 11.0 Å². The van der Waals surface area contributed by atoms with Gasteiger partial charge in [-0.25, -0.2) is 18.6 Å². The van der Waals surface area contributed by atoms with Crippen LogP contribution in [0.5, 0.6) is 5.75 Å². The zero-order valence-corrected chi connectivity index (χ0v) is 22.3. The van der Waals surface area contributed by atoms with Gasteiger partial charge in [0.05, 0.1) is 35.8 Å². The number of carbonyl (C=O) groups is 1. The molecule has 2 atom stereocenters. The van der Waals surface area contributed by atoms with Crippen LogP contribution in [0.4, 0.5) is 8.78 Å². The molecule has 0 aliphatic carbocycles. The van der Waals surface area contributed by atoms with Crippen molar-refractivity contribution in [1.82, 2.24) is 19.4 Å². The second kappa shape index (κ2) is 11.1. The average molecular weight is 569 g/mol. The van der Waals surface area contributed by atoms with E-state index >= 15 is 0 Å². The summed E-state index contributed by atoms with van der Waals surface area (Å²) in [4.78, 5) is 23.2. The lowest BCUT2D eigenvalue weighted by atomic mass is 10.0. The normalized spacial score (nSPS) is 19.2. The molecule has 40 heavy (non-hydrogen) atoms. The van der Waals surface area contributed by atoms with E-state index < -0.39 is 17.6 Å². The van der Waals surface area contributed by atoms with Gasteiger partial charge in [-0.3, -0.25) is 9.88 Å². The molecule has 0 amide bonds. The second-order valence-corrected chi connectivity index (χ2v) is 10.6. The fourth-order valence-corrected chi connectivity index (χ4v) is 5.41. The van der Waals surface area contributed by atoms with Crippen molar-refractivity contribution in [1.29, 1.82) is 0 Å². The Morgan fingerprint density at radius 1 is 1.10 bits per heavy atom. The topological polar surface area (TPSA) is 89.7 Å². The summed E-state index contributed by atoms with van der Waals surface area (Å²) in [6.45, 7) is 3.22. The van der Waals surface area contributed by atoms with Crippen LogP contribution in [0.3, 0.4) is 0 Å². The predicted octanol–water partition coefficient (Wildman–Crippen LogP) is 5.42. The number of benzene rings is 2. The lowest BCUT2D eigenvalue weighted by Gasteiger charge is -2.28. The van der Waals surface area contributed by atoms with E-state index in [1.54, 1.807) is 24.3 Å². The van der Waals surface area contributed by atoms with Crippen molar-refractivity contribution in [2.45, 2.75) is 44.6 Å². The highest BCUT2D eigenvalue weighted by Gasteiger charge is 2.28. The number of nitrogens with zero attached hydrogens (tertiary/aromatic N) is 4. The zero-order valence-electron chi connectivity index (χ0n) is 21.5. The zero-order chi connectivity index (χ0) is 27.8. The second-order valence-electron chi connectivity index (χ2n) is 10.2. The molecule has 0 saturated carbocycles. The molecule has 11 heteroatoms. The number of carboxylic acids is 1. The van der Waals surface area contributed by atoms with Crippen molar-refractivity contribution in [2.24, 2.45) is 0 Å². The molecule has 2 aromatic carbocycles. The van der Waals surface area contributed by atoms with E-state index in [9.17, 15) is 18.7 Å². The number of halogens is 3. The minimum absolute atomic E-state index is 0.0197. The SMILES string of the molecule is O=C(O)c1ccc2nc(CN3CCC(c4ccc(F)c(COc5ccc(Cl)cc5F)n4)C3)n(C[C@@H]3CCO3)c2c1. The number of pyridine rings is 1. The molecule has 2 aliphatic heterocycles. The highest BCUT2D eigenvalue weighted by molar-refractivity contribution is 6.30. The van der Waals surface area contributed by atoms with Crippen molar-refractivity contribution in [3.8, 4) is 5.75 Å². The Hall–Kier alpha value is -3.60. The lowest BCUT2D eigenvalue weighted by Crippen LogP contribution is -2.32. The van der Waals surface area contributed by atoms with Crippen LogP contribution in [0.15, 0.2) is 48.5 Å². The quantitative estimate of drug-likeness (QED) is 0.288. The van der Waals surface area contributed by atoms with E-state index in [0.29, 0.717) is 19.6 Å². The number of carboxylic acid groups (broad SMARTS) is 1. The van der Waals surface area contributed by atoms with Gasteiger partial charge in [0, 0.05) is 29.8 Å². The van der Waals surface area contributed by atoms with Gasteiger partial charge >= 0.3 is 5.97 Å². The fourth-order valence-electron chi connectivity index (χ4n) is 5.25. The maximum atomic E-state index is 14.5. The molecule has 1 unspecified atom stereocenters. The van der Waals surface area contributed by atoms with Crippen LogP contribution >= 0.6 is 11.6 Å². The third kappa shape index (κ3) is 5.52. The lowest BCUT2D eigenvalue weighted by molar-refractivity contribution is -0.0591. The van der Waals surface area contributed by atoms with Gasteiger partial charge in [-0.05, 0) is 67.9 Å². The Labute approximate surface area is 234 Å². The first-order valence-corrected chi connectivity index (χ1v) is 13.5. The van der Waals surface area contributed by atoms with Crippen LogP contribution in [-0.2, 0) is 24.4 Å². The number of hydrogen-bond donors (Lipinski definition) is 1. The molecule has 6 rings (SSSR count). The van der Waals surface area contributed by atoms with Gasteiger partial charge in [0.2, 0.25) is 0 Å². The number of rotatable bonds is 9. The first-order valence-electron chi connectivity index (χ1n) is 13.1. The minimum Gasteiger partial charge on any atom is -0.484 e. The molecule has 4 aromatic rings. The largest absolute Gasteiger partial charge is 0.484 e. The van der Waals surface area contributed by atoms with Crippen LogP contribution in [-0.4, -0.2) is 56.3 Å². The molecule has 2 saturated heterocycles. The maximum absolute atomic E-state index is 14.5. The van der Waals surface area contributed by atoms with Crippen LogP contribution in [0, 0.1) is 11.6 Å². The number of imidazole rings is 1. The number of likely N-dealkylation sites (tertiary alicyclic amines) is 1. The van der Waals surface area contributed by atoms with Crippen molar-refractivity contribution >= 4 is 28.6 Å². The summed E-state index contributed by atoms with van der Waals surface area (Å²) >= 11 is 5.79. The summed E-state index contributed by atoms with van der Waals surface area (Å²) in [5.74, 6) is -1.20. The van der Waals surface area contributed by atoms with Crippen LogP contribution < -0.4 is 4.74 Å². The molecule has 0 spiro atoms. The summed E-state index contributed by atoms with van der Waals surface area (Å²) < 4.78 is 41.8. The van der Waals surface area contributed by atoms with Gasteiger partial charge in [-0.15, -0.1) is 0 Å². The molecule has 2 fully saturated rings. The standard InChI is InChI=1S/C29H27ClF2N4O4/c30-19-2-6-27(22(32)12-19)40-16-25-21(31)3-5-23(33-25)18-7-9-35(13-18)15-28-34-24-4-1-17(29(37)38)11-26(24)36(28)14-20-8-10-39-20/h1-6,11-12,18,20H,7-10,13-16H2,(H,37,38)/t18?,20-/m0/s1. The highest BCUT2D eigenvalue weighted by atomic mass is 35.5. The monoisotopic (exact) mass is 568 g/mol. The number of fused-ring (bicyclic) bond motifs is 1. The summed E-state index contributed by atoms with van der Waals surface area (Å²) in [7, 11) is 0. The Kier molecular flexibility index (Phi) is 7.39. The highest BCUT2D eigenvalue weighted by Crippen LogP contribution is 2.30. The molecule has 2 aliphatic rings. The van der Waals surface area contributed by atoms with Crippen molar-refractivity contribution < 1.29 is 28.2 Å². The number of ether oxygens (including phenoxy) is 2. The first kappa shape index (κ1) is 26.6. The van der Waals surface area contributed by atoms with E-state index in [0.717, 1.165) is 54.6 Å². The Morgan fingerprint density at radius 2 is 1.95 bits per heavy atom. The fraction of sp³-hybridized carbons (Fsp3) is 0.345. The Balaban J connectivity index is 1.17. The van der Waals surface area contributed by atoms with Gasteiger partial charge in [0.1, 0.15) is 23.9 Å². The summed E-state index contributed by atoms with van der Waals surface area (Å²) in [5, 5.41) is 9.73. The molecular weight excluding hydrogens is 542 g/mol. The Morgan fingerprint density at radius 3 is 2.70 bits per heavy atom. The Bertz CT molecular complexity index is 1580. The number of hydrogen-bond acceptors (Lipinski definition) is 6. The van der Waals surface area contributed by atoms with Gasteiger partial charge in [-0.2, -0.15) is 0 Å². The minimum atomic E-state index is -0.978. The van der Waals surface area contributed by atoms with E-state index in [4.69, 9.17) is 26.1 Å². The van der Waals surface area contributed by atoms with Crippen LogP contribution in [0.1, 0.15) is 46.3 Å². The van der Waals surface area contributed by atoms with Gasteiger partial charge in [-0.1, -0.05) is 11.6 Å². The number of aromatic carboxylic acids is 1. The van der Waals surface area contributed by atoms with Gasteiger partial charge in [0.25, 0.3) is 0 Å². The van der Waals surface area contributed by atoms with Gasteiger partial charge in [0.15, 0.2) is 11.6 Å². The van der Waals surface area contributed by atoms with Crippen molar-refractivity contribution in [3.63, 3.8) is 0 Å². The van der Waals surface area contributed by atoms with Crippen molar-refractivity contribution in [3.05, 3.63) is 88.0 Å². The smallest absolute Gasteiger partial charge is 0.335 e. The molecule has 0 bridgehead atoms.